The molecule has 0 aliphatic heterocycles. The third-order valence-electron chi connectivity index (χ3n) is 8.15. The number of halogens is 1. The van der Waals surface area contributed by atoms with Crippen molar-refractivity contribution in [3.63, 3.8) is 0 Å². The van der Waals surface area contributed by atoms with Crippen molar-refractivity contribution in [2.75, 3.05) is 0 Å². The molecule has 0 fully saturated rings. The predicted octanol–water partition coefficient (Wildman–Crippen LogP) is 9.49. The molecule has 0 saturated heterocycles. The molecule has 2 heteroatoms. The van der Waals surface area contributed by atoms with Crippen molar-refractivity contribution < 1.29 is 0 Å². The van der Waals surface area contributed by atoms with Gasteiger partial charge in [0.25, 0.3) is 0 Å². The molecule has 0 unspecified atom stereocenters. The Kier molecular flexibility index (Phi) is 5.89. The molecule has 0 aliphatic carbocycles. The maximum absolute atomic E-state index is 4.64. The molecule has 7 aromatic rings. The van der Waals surface area contributed by atoms with Gasteiger partial charge in [-0.1, -0.05) is 0 Å². The zero-order valence-corrected chi connectivity index (χ0v) is 24.0. The zero-order valence-electron chi connectivity index (χ0n) is 21.5. The summed E-state index contributed by atoms with van der Waals surface area (Å²) in [4.78, 5) is 0. The summed E-state index contributed by atoms with van der Waals surface area (Å²) < 4.78 is 0. The van der Waals surface area contributed by atoms with Crippen LogP contribution < -0.4 is 15.9 Å². The molecule has 0 saturated carbocycles. The molecule has 39 heavy (non-hydrogen) atoms. The average Bonchev–Trinajstić information content (AvgIpc) is 3.02. The molecular weight excluding hydrogens is 555 g/mol. The van der Waals surface area contributed by atoms with E-state index in [1.165, 1.54) is 53.8 Å². The molecular formula is C37H28BrP. The number of hydrogen-bond acceptors (Lipinski definition) is 0. The van der Waals surface area contributed by atoms with Crippen LogP contribution in [0.25, 0.3) is 32.3 Å². The molecule has 0 atom stereocenters. The zero-order chi connectivity index (χ0) is 26.3. The van der Waals surface area contributed by atoms with E-state index in [0.29, 0.717) is 0 Å². The van der Waals surface area contributed by atoms with Crippen molar-refractivity contribution >= 4 is 69.0 Å². The summed E-state index contributed by atoms with van der Waals surface area (Å²) >= 11 is 4.64. The first-order valence-corrected chi connectivity index (χ1v) is 17.8. The summed E-state index contributed by atoms with van der Waals surface area (Å²) in [5.41, 5.74) is 1.33. The topological polar surface area (TPSA) is 0 Å². The molecule has 0 bridgehead atoms. The Balaban J connectivity index is 1.55. The first-order chi connectivity index (χ1) is 19.1. The van der Waals surface area contributed by atoms with Crippen LogP contribution in [0.3, 0.4) is 0 Å². The molecule has 0 aromatic heterocycles. The van der Waals surface area contributed by atoms with Crippen LogP contribution in [0.15, 0.2) is 158 Å². The van der Waals surface area contributed by atoms with E-state index in [9.17, 15) is 0 Å². The van der Waals surface area contributed by atoms with Crippen LogP contribution in [0, 0.1) is 0 Å². The Morgan fingerprint density at radius 3 is 1.41 bits per heavy atom. The summed E-state index contributed by atoms with van der Waals surface area (Å²) in [6, 6.07) is 58.0. The van der Waals surface area contributed by atoms with Crippen molar-refractivity contribution in [1.29, 1.82) is 0 Å². The van der Waals surface area contributed by atoms with E-state index in [1.54, 1.807) is 0 Å². The van der Waals surface area contributed by atoms with Gasteiger partial charge in [-0.2, -0.15) is 0 Å². The van der Waals surface area contributed by atoms with Gasteiger partial charge in [0.1, 0.15) is 0 Å². The van der Waals surface area contributed by atoms with Gasteiger partial charge < -0.3 is 0 Å². The van der Waals surface area contributed by atoms with Gasteiger partial charge in [-0.15, -0.1) is 0 Å². The van der Waals surface area contributed by atoms with Gasteiger partial charge in [-0.3, -0.25) is 0 Å². The van der Waals surface area contributed by atoms with Crippen LogP contribution in [0.4, 0.5) is 0 Å². The molecule has 0 heterocycles. The van der Waals surface area contributed by atoms with Crippen molar-refractivity contribution in [2.45, 2.75) is 6.16 Å². The monoisotopic (exact) mass is 582 g/mol. The Morgan fingerprint density at radius 1 is 0.410 bits per heavy atom. The molecule has 7 aromatic carbocycles. The quantitative estimate of drug-likeness (QED) is 0.140. The van der Waals surface area contributed by atoms with Crippen LogP contribution in [0.1, 0.15) is 5.56 Å². The SMILES string of the molecule is BrP(Cc1ccc2ccc3ccc4ccccc4c3c2c1)(c1ccccc1)(c1ccccc1)c1ccccc1. The van der Waals surface area contributed by atoms with Gasteiger partial charge >= 0.3 is 238 Å². The minimum absolute atomic E-state index is 0.876. The molecule has 0 amide bonds. The van der Waals surface area contributed by atoms with Gasteiger partial charge in [-0.05, 0) is 0 Å². The van der Waals surface area contributed by atoms with Crippen LogP contribution in [0.5, 0.6) is 0 Å². The maximum atomic E-state index is 4.64. The fourth-order valence-electron chi connectivity index (χ4n) is 6.25. The van der Waals surface area contributed by atoms with Gasteiger partial charge in [-0.25, -0.2) is 0 Å². The van der Waals surface area contributed by atoms with Crippen molar-refractivity contribution in [1.82, 2.24) is 0 Å². The fraction of sp³-hybridized carbons (Fsp3) is 0.0270. The molecule has 7 rings (SSSR count). The average molecular weight is 584 g/mol. The third kappa shape index (κ3) is 3.84. The number of hydrogen-bond donors (Lipinski definition) is 0. The number of benzene rings is 7. The van der Waals surface area contributed by atoms with E-state index in [2.05, 4.69) is 173 Å². The van der Waals surface area contributed by atoms with Crippen LogP contribution >= 0.6 is 20.8 Å². The first kappa shape index (κ1) is 24.3. The summed E-state index contributed by atoms with van der Waals surface area (Å²) in [5, 5.41) is 8.72. The fourth-order valence-corrected chi connectivity index (χ4v) is 14.0. The van der Waals surface area contributed by atoms with Crippen LogP contribution in [-0.4, -0.2) is 0 Å². The summed E-state index contributed by atoms with van der Waals surface area (Å²) in [6.45, 7) is 0. The number of rotatable bonds is 5. The third-order valence-corrected chi connectivity index (χ3v) is 17.7. The predicted molar refractivity (Wildman–Crippen MR) is 177 cm³/mol. The van der Waals surface area contributed by atoms with E-state index < -0.39 is 5.31 Å². The molecule has 0 nitrogen and oxygen atoms in total. The van der Waals surface area contributed by atoms with Gasteiger partial charge in [0.2, 0.25) is 0 Å². The summed E-state index contributed by atoms with van der Waals surface area (Å²) in [7, 11) is 0. The first-order valence-electron chi connectivity index (χ1n) is 13.4. The normalized spacial score (nSPS) is 12.9. The second-order valence-corrected chi connectivity index (χ2v) is 19.3. The van der Waals surface area contributed by atoms with Crippen LogP contribution in [-0.2, 0) is 6.16 Å². The molecule has 0 N–H and O–H groups in total. The van der Waals surface area contributed by atoms with E-state index >= 15 is 0 Å². The van der Waals surface area contributed by atoms with E-state index in [4.69, 9.17) is 0 Å². The Hall–Kier alpha value is -3.77. The molecule has 0 spiro atoms. The molecule has 0 aliphatic rings. The second-order valence-electron chi connectivity index (χ2n) is 10.4. The van der Waals surface area contributed by atoms with E-state index in [1.807, 2.05) is 0 Å². The second kappa shape index (κ2) is 9.45. The Labute approximate surface area is 237 Å². The van der Waals surface area contributed by atoms with Crippen molar-refractivity contribution in [2.24, 2.45) is 0 Å². The summed E-state index contributed by atoms with van der Waals surface area (Å²) in [6.07, 6.45) is 0.876. The van der Waals surface area contributed by atoms with Gasteiger partial charge in [0.15, 0.2) is 0 Å². The summed E-state index contributed by atoms with van der Waals surface area (Å²) in [5.74, 6) is 0. The number of fused-ring (bicyclic) bond motifs is 5. The van der Waals surface area contributed by atoms with Crippen molar-refractivity contribution in [3.05, 3.63) is 163 Å². The minimum atomic E-state index is -3.08. The molecule has 188 valence electrons. The van der Waals surface area contributed by atoms with E-state index in [-0.39, 0.29) is 0 Å². The Bertz CT molecular complexity index is 1840. The van der Waals surface area contributed by atoms with Crippen LogP contribution in [0.2, 0.25) is 0 Å². The Morgan fingerprint density at radius 2 is 0.846 bits per heavy atom. The molecule has 0 radical (unpaired) electrons. The van der Waals surface area contributed by atoms with E-state index in [0.717, 1.165) is 6.16 Å². The van der Waals surface area contributed by atoms with Gasteiger partial charge in [0.05, 0.1) is 0 Å². The standard InChI is InChI=1S/C37H28BrP/c38-39(32-13-4-1-5-14-32,33-15-6-2-7-16-33,34-17-8-3-9-18-34)27-28-20-21-30-23-25-31-24-22-29-12-10-11-19-35(29)37(31)36(30)26-28/h1-26H,27H2. The van der Waals surface area contributed by atoms with Crippen molar-refractivity contribution in [3.8, 4) is 0 Å². The van der Waals surface area contributed by atoms with Gasteiger partial charge in [0, 0.05) is 0 Å².